The number of hydrogen-bond donors (Lipinski definition) is 0. The van der Waals surface area contributed by atoms with Gasteiger partial charge in [0, 0.05) is 12.2 Å². The van der Waals surface area contributed by atoms with Gasteiger partial charge in [0.2, 0.25) is 0 Å². The molecular weight excluding hydrogens is 156 g/mol. The molecule has 0 bridgehead atoms. The summed E-state index contributed by atoms with van der Waals surface area (Å²) in [5, 5.41) is 0. The molecule has 0 aliphatic heterocycles. The molecule has 0 aromatic carbocycles. The van der Waals surface area contributed by atoms with E-state index in [2.05, 4.69) is 0 Å². The maximum absolute atomic E-state index is 10.4. The Balaban J connectivity index is 2.78. The second kappa shape index (κ2) is 4.07. The van der Waals surface area contributed by atoms with E-state index in [0.29, 0.717) is 18.7 Å². The topological polar surface area (TPSA) is 39.4 Å². The van der Waals surface area contributed by atoms with Crippen LogP contribution < -0.4 is 0 Å². The molecule has 0 aliphatic rings. The van der Waals surface area contributed by atoms with Crippen molar-refractivity contribution in [2.45, 2.75) is 20.0 Å². The monoisotopic (exact) mass is 168 g/mol. The van der Waals surface area contributed by atoms with E-state index in [9.17, 15) is 4.79 Å². The van der Waals surface area contributed by atoms with Crippen LogP contribution in [0.1, 0.15) is 36.1 Å². The van der Waals surface area contributed by atoms with Gasteiger partial charge >= 0.3 is 0 Å². The van der Waals surface area contributed by atoms with E-state index in [4.69, 9.17) is 9.15 Å². The van der Waals surface area contributed by atoms with Crippen molar-refractivity contribution in [2.75, 3.05) is 6.61 Å². The molecule has 0 amide bonds. The normalized spacial score (nSPS) is 12.8. The van der Waals surface area contributed by atoms with Gasteiger partial charge in [0.1, 0.15) is 0 Å². The van der Waals surface area contributed by atoms with Gasteiger partial charge in [-0.05, 0) is 19.9 Å². The van der Waals surface area contributed by atoms with Crippen LogP contribution in [0, 0.1) is 0 Å². The van der Waals surface area contributed by atoms with E-state index in [1.165, 1.54) is 6.26 Å². The van der Waals surface area contributed by atoms with Crippen LogP contribution in [0.15, 0.2) is 16.7 Å². The molecule has 0 spiro atoms. The molecule has 3 nitrogen and oxygen atoms in total. The minimum Gasteiger partial charge on any atom is -0.461 e. The lowest BCUT2D eigenvalue weighted by Gasteiger charge is -2.08. The summed E-state index contributed by atoms with van der Waals surface area (Å²) in [4.78, 5) is 10.4. The predicted octanol–water partition coefficient (Wildman–Crippen LogP) is 2.19. The fourth-order valence-electron chi connectivity index (χ4n) is 1.10. The third-order valence-electron chi connectivity index (χ3n) is 1.69. The molecular formula is C9H12O3. The fraction of sp³-hybridized carbons (Fsp3) is 0.444. The molecule has 12 heavy (non-hydrogen) atoms. The zero-order chi connectivity index (χ0) is 8.97. The van der Waals surface area contributed by atoms with Gasteiger partial charge in [0.05, 0.1) is 12.4 Å². The average molecular weight is 168 g/mol. The summed E-state index contributed by atoms with van der Waals surface area (Å²) in [6.07, 6.45) is 2.12. The molecule has 0 fully saturated rings. The van der Waals surface area contributed by atoms with Crippen LogP contribution in [0.2, 0.25) is 0 Å². The second-order valence-corrected chi connectivity index (χ2v) is 2.46. The molecule has 1 atom stereocenters. The molecule has 0 saturated heterocycles. The number of rotatable bonds is 4. The number of furan rings is 1. The molecule has 0 saturated carbocycles. The van der Waals surface area contributed by atoms with Gasteiger partial charge in [0.25, 0.3) is 0 Å². The zero-order valence-corrected chi connectivity index (χ0v) is 7.24. The highest BCUT2D eigenvalue weighted by molar-refractivity contribution is 5.73. The van der Waals surface area contributed by atoms with E-state index < -0.39 is 0 Å². The number of carbonyl (C=O) groups excluding carboxylic acids is 1. The largest absolute Gasteiger partial charge is 0.461 e. The van der Waals surface area contributed by atoms with Crippen LogP contribution in [-0.4, -0.2) is 12.9 Å². The summed E-state index contributed by atoms with van der Waals surface area (Å²) < 4.78 is 10.2. The Bertz CT molecular complexity index is 252. The van der Waals surface area contributed by atoms with Gasteiger partial charge in [0.15, 0.2) is 12.0 Å². The van der Waals surface area contributed by atoms with E-state index in [-0.39, 0.29) is 6.10 Å². The van der Waals surface area contributed by atoms with Crippen molar-refractivity contribution in [2.24, 2.45) is 0 Å². The molecule has 1 rings (SSSR count). The van der Waals surface area contributed by atoms with Crippen molar-refractivity contribution >= 4 is 6.29 Å². The minimum atomic E-state index is -0.0750. The molecule has 0 radical (unpaired) electrons. The fourth-order valence-corrected chi connectivity index (χ4v) is 1.10. The van der Waals surface area contributed by atoms with Crippen molar-refractivity contribution in [3.05, 3.63) is 23.7 Å². The first-order valence-corrected chi connectivity index (χ1v) is 3.93. The smallest absolute Gasteiger partial charge is 0.185 e. The van der Waals surface area contributed by atoms with E-state index >= 15 is 0 Å². The van der Waals surface area contributed by atoms with E-state index in [1.54, 1.807) is 6.07 Å². The van der Waals surface area contributed by atoms with Crippen LogP contribution in [0.25, 0.3) is 0 Å². The van der Waals surface area contributed by atoms with Crippen LogP contribution in [-0.2, 0) is 4.74 Å². The molecule has 3 heteroatoms. The first-order valence-electron chi connectivity index (χ1n) is 3.93. The maximum Gasteiger partial charge on any atom is 0.185 e. The highest BCUT2D eigenvalue weighted by atomic mass is 16.5. The Hall–Kier alpha value is -1.09. The molecule has 1 aromatic heterocycles. The summed E-state index contributed by atoms with van der Waals surface area (Å²) in [5.74, 6) is 0.357. The van der Waals surface area contributed by atoms with Crippen LogP contribution in [0.5, 0.6) is 0 Å². The Morgan fingerprint density at radius 2 is 2.50 bits per heavy atom. The van der Waals surface area contributed by atoms with Crippen LogP contribution in [0.4, 0.5) is 0 Å². The lowest BCUT2D eigenvalue weighted by atomic mass is 10.1. The second-order valence-electron chi connectivity index (χ2n) is 2.46. The van der Waals surface area contributed by atoms with Gasteiger partial charge in [-0.25, -0.2) is 0 Å². The lowest BCUT2D eigenvalue weighted by Crippen LogP contribution is -2.00. The van der Waals surface area contributed by atoms with Gasteiger partial charge in [-0.2, -0.15) is 0 Å². The molecule has 0 aliphatic carbocycles. The third-order valence-corrected chi connectivity index (χ3v) is 1.69. The predicted molar refractivity (Wildman–Crippen MR) is 44.1 cm³/mol. The quantitative estimate of drug-likeness (QED) is 0.647. The summed E-state index contributed by atoms with van der Waals surface area (Å²) in [7, 11) is 0. The van der Waals surface area contributed by atoms with Crippen molar-refractivity contribution < 1.29 is 13.9 Å². The third kappa shape index (κ3) is 1.74. The number of aldehydes is 1. The highest BCUT2D eigenvalue weighted by Crippen LogP contribution is 2.20. The Labute approximate surface area is 71.3 Å². The Kier molecular flexibility index (Phi) is 3.05. The number of ether oxygens (including phenoxy) is 1. The van der Waals surface area contributed by atoms with Gasteiger partial charge < -0.3 is 9.15 Å². The van der Waals surface area contributed by atoms with Crippen molar-refractivity contribution in [1.82, 2.24) is 0 Å². The van der Waals surface area contributed by atoms with Gasteiger partial charge in [-0.3, -0.25) is 4.79 Å². The van der Waals surface area contributed by atoms with Gasteiger partial charge in [-0.1, -0.05) is 0 Å². The highest BCUT2D eigenvalue weighted by Gasteiger charge is 2.12. The zero-order valence-electron chi connectivity index (χ0n) is 7.24. The number of hydrogen-bond acceptors (Lipinski definition) is 3. The lowest BCUT2D eigenvalue weighted by molar-refractivity contribution is 0.0745. The average Bonchev–Trinajstić information content (AvgIpc) is 2.51. The molecule has 66 valence electrons. The van der Waals surface area contributed by atoms with Gasteiger partial charge in [-0.15, -0.1) is 0 Å². The number of carbonyl (C=O) groups is 1. The standard InChI is InChI=1S/C9H12O3/c1-3-11-7(2)8-4-5-12-9(8)6-10/h4-7H,3H2,1-2H3. The SMILES string of the molecule is CCOC(C)c1ccoc1C=O. The minimum absolute atomic E-state index is 0.0750. The summed E-state index contributed by atoms with van der Waals surface area (Å²) in [6.45, 7) is 4.43. The van der Waals surface area contributed by atoms with Crippen molar-refractivity contribution in [3.8, 4) is 0 Å². The summed E-state index contributed by atoms with van der Waals surface area (Å²) in [5.41, 5.74) is 0.812. The maximum atomic E-state index is 10.4. The van der Waals surface area contributed by atoms with E-state index in [0.717, 1.165) is 5.56 Å². The van der Waals surface area contributed by atoms with Crippen molar-refractivity contribution in [3.63, 3.8) is 0 Å². The Morgan fingerprint density at radius 1 is 1.75 bits per heavy atom. The van der Waals surface area contributed by atoms with Crippen molar-refractivity contribution in [1.29, 1.82) is 0 Å². The molecule has 0 N–H and O–H groups in total. The molecule has 1 heterocycles. The molecule has 1 unspecified atom stereocenters. The molecule has 1 aromatic rings. The first-order chi connectivity index (χ1) is 5.79. The van der Waals surface area contributed by atoms with E-state index in [1.807, 2.05) is 13.8 Å². The van der Waals surface area contributed by atoms with Crippen LogP contribution >= 0.6 is 0 Å². The Morgan fingerprint density at radius 3 is 3.08 bits per heavy atom. The summed E-state index contributed by atoms with van der Waals surface area (Å²) in [6, 6.07) is 1.75. The first kappa shape index (κ1) is 9.00. The summed E-state index contributed by atoms with van der Waals surface area (Å²) >= 11 is 0. The van der Waals surface area contributed by atoms with Crippen LogP contribution in [0.3, 0.4) is 0 Å².